The van der Waals surface area contributed by atoms with E-state index in [1.165, 1.54) is 19.1 Å². The van der Waals surface area contributed by atoms with Crippen LogP contribution in [-0.4, -0.2) is 140 Å². The first-order chi connectivity index (χ1) is 22.1. The monoisotopic (exact) mass is 693 g/mol. The molecular weight excluding hydrogens is 654 g/mol. The summed E-state index contributed by atoms with van der Waals surface area (Å²) in [4.78, 5) is 87.4. The molecule has 3 heterocycles. The van der Waals surface area contributed by atoms with Crippen molar-refractivity contribution in [1.82, 2.24) is 4.90 Å². The highest BCUT2D eigenvalue weighted by Crippen LogP contribution is 2.39. The van der Waals surface area contributed by atoms with Crippen LogP contribution in [0.4, 0.5) is 0 Å². The van der Waals surface area contributed by atoms with Crippen molar-refractivity contribution in [1.29, 1.82) is 0 Å². The zero-order valence-electron chi connectivity index (χ0n) is 27.1. The third-order valence-corrected chi connectivity index (χ3v) is 8.34. The number of hydrogen-bond acceptors (Lipinski definition) is 18. The molecule has 19 heteroatoms. The van der Waals surface area contributed by atoms with Gasteiger partial charge < -0.3 is 52.3 Å². The maximum Gasteiger partial charge on any atom is 0.303 e. The molecule has 3 aliphatic rings. The minimum atomic E-state index is -1.42. The van der Waals surface area contributed by atoms with Gasteiger partial charge in [-0.1, -0.05) is 0 Å². The highest BCUT2D eigenvalue weighted by atomic mass is 32.2. The van der Waals surface area contributed by atoms with E-state index in [2.05, 4.69) is 0 Å². The summed E-state index contributed by atoms with van der Waals surface area (Å²) in [6, 6.07) is 0. The molecule has 1 unspecified atom stereocenters. The number of methoxy groups -OCH3 is 2. The average molecular weight is 694 g/mol. The van der Waals surface area contributed by atoms with E-state index in [1.807, 2.05) is 0 Å². The summed E-state index contributed by atoms with van der Waals surface area (Å²) in [5.41, 5.74) is 0. The molecule has 18 nitrogen and oxygen atoms in total. The molecule has 3 fully saturated rings. The van der Waals surface area contributed by atoms with E-state index in [-0.39, 0.29) is 12.3 Å². The molecule has 0 N–H and O–H groups in total. The Balaban J connectivity index is 2.05. The van der Waals surface area contributed by atoms with Gasteiger partial charge in [-0.3, -0.25) is 33.6 Å². The lowest BCUT2D eigenvalue weighted by molar-refractivity contribution is -0.306. The number of rotatable bonds is 11. The first kappa shape index (κ1) is 37.9. The highest BCUT2D eigenvalue weighted by Gasteiger charge is 2.58. The number of thioether (sulfide) groups is 1. The van der Waals surface area contributed by atoms with Gasteiger partial charge in [0.05, 0.1) is 12.3 Å². The molecule has 11 atom stereocenters. The van der Waals surface area contributed by atoms with Crippen molar-refractivity contribution in [3.8, 4) is 0 Å². The van der Waals surface area contributed by atoms with E-state index < -0.39 is 109 Å². The molecule has 0 bridgehead atoms. The lowest BCUT2D eigenvalue weighted by Gasteiger charge is -2.48. The van der Waals surface area contributed by atoms with Crippen LogP contribution in [0, 0.1) is 0 Å². The van der Waals surface area contributed by atoms with Gasteiger partial charge in [0.25, 0.3) is 0 Å². The Morgan fingerprint density at radius 2 is 1.00 bits per heavy atom. The number of carbonyl (C=O) groups is 7. The minimum Gasteiger partial charge on any atom is -0.456 e. The van der Waals surface area contributed by atoms with Gasteiger partial charge in [0.2, 0.25) is 5.91 Å². The third kappa shape index (κ3) is 9.53. The van der Waals surface area contributed by atoms with E-state index in [0.29, 0.717) is 0 Å². The van der Waals surface area contributed by atoms with Gasteiger partial charge in [-0.15, -0.1) is 11.8 Å². The molecule has 0 aromatic heterocycles. The van der Waals surface area contributed by atoms with Crippen molar-refractivity contribution in [2.45, 2.75) is 108 Å². The SMILES string of the molecule is CO[C@H]1O[C@H](CN2C(=O)CS[C@@H]2C2O[C@H](OC)[C@H](OC(C)=O)[C@@H](OC(C)=O)[C@@H]2OC(C)=O)[C@@H](OC(C)=O)[C@H](OC(C)=O)[C@H]1OC(C)=O. The second kappa shape index (κ2) is 16.5. The summed E-state index contributed by atoms with van der Waals surface area (Å²) in [5, 5.41) is -0.984. The van der Waals surface area contributed by atoms with Gasteiger partial charge >= 0.3 is 35.8 Å². The lowest BCUT2D eigenvalue weighted by Crippen LogP contribution is -2.67. The Kier molecular flexibility index (Phi) is 13.3. The number of hydrogen-bond donors (Lipinski definition) is 0. The van der Waals surface area contributed by atoms with Gasteiger partial charge in [0.1, 0.15) is 17.6 Å². The summed E-state index contributed by atoms with van der Waals surface area (Å²) >= 11 is 1.08. The summed E-state index contributed by atoms with van der Waals surface area (Å²) < 4.78 is 55.7. The number of carbonyl (C=O) groups excluding carboxylic acids is 7. The van der Waals surface area contributed by atoms with Crippen LogP contribution in [0.1, 0.15) is 41.5 Å². The first-order valence-corrected chi connectivity index (χ1v) is 15.4. The maximum absolute atomic E-state index is 13.4. The Labute approximate surface area is 274 Å². The second-order valence-electron chi connectivity index (χ2n) is 10.7. The van der Waals surface area contributed by atoms with Gasteiger partial charge in [-0.2, -0.15) is 0 Å². The van der Waals surface area contributed by atoms with Crippen LogP contribution in [0.25, 0.3) is 0 Å². The van der Waals surface area contributed by atoms with Gasteiger partial charge in [-0.25, -0.2) is 0 Å². The molecule has 0 radical (unpaired) electrons. The minimum absolute atomic E-state index is 0.0946. The predicted molar refractivity (Wildman–Crippen MR) is 153 cm³/mol. The highest BCUT2D eigenvalue weighted by molar-refractivity contribution is 8.01. The predicted octanol–water partition coefficient (Wildman–Crippen LogP) is -0.779. The Morgan fingerprint density at radius 3 is 1.45 bits per heavy atom. The maximum atomic E-state index is 13.4. The molecular formula is C28H39NO17S. The first-order valence-electron chi connectivity index (χ1n) is 14.4. The summed E-state index contributed by atoms with van der Waals surface area (Å²) in [6.07, 6.45) is -13.5. The summed E-state index contributed by atoms with van der Waals surface area (Å²) in [5.74, 6) is -5.27. The molecule has 3 aliphatic heterocycles. The molecule has 1 amide bonds. The largest absolute Gasteiger partial charge is 0.456 e. The number of ether oxygens (including phenoxy) is 10. The van der Waals surface area contributed by atoms with E-state index in [1.54, 1.807) is 0 Å². The van der Waals surface area contributed by atoms with Crippen molar-refractivity contribution in [3.05, 3.63) is 0 Å². The molecule has 0 aliphatic carbocycles. The van der Waals surface area contributed by atoms with E-state index >= 15 is 0 Å². The van der Waals surface area contributed by atoms with Crippen molar-refractivity contribution < 1.29 is 80.9 Å². The van der Waals surface area contributed by atoms with Gasteiger partial charge in [0, 0.05) is 55.8 Å². The summed E-state index contributed by atoms with van der Waals surface area (Å²) in [7, 11) is 2.49. The number of esters is 6. The van der Waals surface area contributed by atoms with Crippen molar-refractivity contribution in [2.75, 3.05) is 26.5 Å². The zero-order valence-corrected chi connectivity index (χ0v) is 27.9. The normalized spacial score (nSPS) is 33.7. The van der Waals surface area contributed by atoms with Crippen LogP contribution in [0.2, 0.25) is 0 Å². The Morgan fingerprint density at radius 1 is 0.617 bits per heavy atom. The molecule has 47 heavy (non-hydrogen) atoms. The quantitative estimate of drug-likeness (QED) is 0.192. The number of amides is 1. The van der Waals surface area contributed by atoms with Gasteiger partial charge in [0.15, 0.2) is 49.2 Å². The van der Waals surface area contributed by atoms with E-state index in [4.69, 9.17) is 47.4 Å². The molecule has 0 spiro atoms. The van der Waals surface area contributed by atoms with Crippen molar-refractivity contribution in [3.63, 3.8) is 0 Å². The van der Waals surface area contributed by atoms with E-state index in [9.17, 15) is 33.6 Å². The Bertz CT molecular complexity index is 1210. The standard InChI is InChI=1S/C28H39NO17S/c1-11(30)39-19-17(45-27(37-7)24(43-15(5)34)20(19)40-12(2)31)9-29-18(36)10-47-26(29)23-21(41-13(3)32)22(42-14(4)33)25(44-16(6)35)28(38-8)46-23/h17,19-28H,9-10H2,1-8H3/t17-,19-,20+,21+,22+,23?,24-,25-,26-,27+,28+/m1/s1. The Hall–Kier alpha value is -3.52. The van der Waals surface area contributed by atoms with Crippen LogP contribution in [0.3, 0.4) is 0 Å². The molecule has 0 aromatic rings. The molecule has 264 valence electrons. The van der Waals surface area contributed by atoms with Crippen molar-refractivity contribution in [2.24, 2.45) is 0 Å². The van der Waals surface area contributed by atoms with Crippen molar-refractivity contribution >= 4 is 53.5 Å². The smallest absolute Gasteiger partial charge is 0.303 e. The number of nitrogens with zero attached hydrogens (tertiary/aromatic N) is 1. The van der Waals surface area contributed by atoms with Gasteiger partial charge in [-0.05, 0) is 0 Å². The third-order valence-electron chi connectivity index (χ3n) is 7.06. The molecule has 0 saturated carbocycles. The van der Waals surface area contributed by atoms with E-state index in [0.717, 1.165) is 53.3 Å². The van der Waals surface area contributed by atoms with Crippen LogP contribution >= 0.6 is 11.8 Å². The fourth-order valence-electron chi connectivity index (χ4n) is 5.56. The molecule has 3 saturated heterocycles. The van der Waals surface area contributed by atoms with Crippen LogP contribution in [-0.2, 0) is 80.9 Å². The lowest BCUT2D eigenvalue weighted by atomic mass is 9.95. The second-order valence-corrected chi connectivity index (χ2v) is 11.8. The molecule has 0 aromatic carbocycles. The molecule has 3 rings (SSSR count). The van der Waals surface area contributed by atoms with Crippen LogP contribution in [0.15, 0.2) is 0 Å². The summed E-state index contributed by atoms with van der Waals surface area (Å²) in [6.45, 7) is 6.30. The fraction of sp³-hybridized carbons (Fsp3) is 0.750. The topological polar surface area (TPSA) is 215 Å². The van der Waals surface area contributed by atoms with Crippen LogP contribution in [0.5, 0.6) is 0 Å². The van der Waals surface area contributed by atoms with Crippen LogP contribution < -0.4 is 0 Å². The fourth-order valence-corrected chi connectivity index (χ4v) is 6.83. The average Bonchev–Trinajstić information content (AvgIpc) is 3.31. The zero-order chi connectivity index (χ0) is 35.2.